The van der Waals surface area contributed by atoms with E-state index in [0.717, 1.165) is 60.5 Å². The number of fused-ring (bicyclic) bond motifs is 1. The first-order valence-corrected chi connectivity index (χ1v) is 13.0. The highest BCUT2D eigenvalue weighted by atomic mass is 32.2. The minimum absolute atomic E-state index is 0.122. The Kier molecular flexibility index (Phi) is 6.80. The second-order valence-electron chi connectivity index (χ2n) is 8.06. The fourth-order valence-electron chi connectivity index (χ4n) is 4.08. The van der Waals surface area contributed by atoms with Crippen LogP contribution in [0.3, 0.4) is 0 Å². The summed E-state index contributed by atoms with van der Waals surface area (Å²) in [7, 11) is 1.64. The van der Waals surface area contributed by atoms with Gasteiger partial charge in [-0.2, -0.15) is 0 Å². The Morgan fingerprint density at radius 2 is 1.82 bits per heavy atom. The van der Waals surface area contributed by atoms with Gasteiger partial charge in [0.1, 0.15) is 16.6 Å². The number of methoxy groups -OCH3 is 1. The van der Waals surface area contributed by atoms with E-state index in [2.05, 4.69) is 27.2 Å². The normalized spacial score (nSPS) is 14.6. The quantitative estimate of drug-likeness (QED) is 0.363. The number of amides is 1. The summed E-state index contributed by atoms with van der Waals surface area (Å²) in [5.41, 5.74) is 1.93. The van der Waals surface area contributed by atoms with Crippen LogP contribution in [-0.4, -0.2) is 74.5 Å². The molecule has 0 unspecified atom stereocenters. The number of aromatic nitrogens is 4. The molecule has 10 heteroatoms. The van der Waals surface area contributed by atoms with Crippen molar-refractivity contribution in [2.24, 2.45) is 0 Å². The van der Waals surface area contributed by atoms with Crippen molar-refractivity contribution in [1.29, 1.82) is 0 Å². The van der Waals surface area contributed by atoms with Gasteiger partial charge in [-0.05, 0) is 31.2 Å². The van der Waals surface area contributed by atoms with Crippen molar-refractivity contribution in [3.05, 3.63) is 59.4 Å². The topological polar surface area (TPSA) is 76.4 Å². The van der Waals surface area contributed by atoms with Gasteiger partial charge in [0.15, 0.2) is 5.16 Å². The van der Waals surface area contributed by atoms with Crippen LogP contribution < -0.4 is 4.74 Å². The molecular formula is C24H26N6O2S2. The highest BCUT2D eigenvalue weighted by Gasteiger charge is 2.23. The molecule has 8 nitrogen and oxygen atoms in total. The van der Waals surface area contributed by atoms with E-state index < -0.39 is 0 Å². The average molecular weight is 495 g/mol. The molecule has 0 atom stereocenters. The van der Waals surface area contributed by atoms with Crippen molar-refractivity contribution in [2.45, 2.75) is 18.6 Å². The van der Waals surface area contributed by atoms with Crippen molar-refractivity contribution in [3.63, 3.8) is 0 Å². The van der Waals surface area contributed by atoms with Crippen LogP contribution in [-0.2, 0) is 11.3 Å². The number of carbonyl (C=O) groups excluding carboxylic acids is 1. The van der Waals surface area contributed by atoms with Crippen molar-refractivity contribution >= 4 is 39.2 Å². The fraction of sp³-hybridized carbons (Fsp3) is 0.333. The van der Waals surface area contributed by atoms with Gasteiger partial charge in [-0.3, -0.25) is 14.3 Å². The van der Waals surface area contributed by atoms with Crippen molar-refractivity contribution < 1.29 is 9.53 Å². The van der Waals surface area contributed by atoms with Crippen LogP contribution in [0.25, 0.3) is 15.9 Å². The van der Waals surface area contributed by atoms with Crippen LogP contribution in [0.2, 0.25) is 0 Å². The van der Waals surface area contributed by atoms with Crippen molar-refractivity contribution in [1.82, 2.24) is 29.5 Å². The number of rotatable bonds is 7. The minimum Gasteiger partial charge on any atom is -0.495 e. The lowest BCUT2D eigenvalue weighted by molar-refractivity contribution is -0.130. The molecule has 34 heavy (non-hydrogen) atoms. The first-order valence-electron chi connectivity index (χ1n) is 11.1. The van der Waals surface area contributed by atoms with E-state index in [0.29, 0.717) is 10.9 Å². The fourth-order valence-corrected chi connectivity index (χ4v) is 5.98. The van der Waals surface area contributed by atoms with Gasteiger partial charge < -0.3 is 9.64 Å². The van der Waals surface area contributed by atoms with Gasteiger partial charge in [0, 0.05) is 26.2 Å². The van der Waals surface area contributed by atoms with Gasteiger partial charge in [-0.25, -0.2) is 4.98 Å². The molecule has 0 radical (unpaired) electrons. The molecular weight excluding hydrogens is 468 g/mol. The minimum atomic E-state index is 0.122. The van der Waals surface area contributed by atoms with Gasteiger partial charge in [-0.1, -0.05) is 36.0 Å². The molecule has 4 aromatic rings. The number of nitrogens with zero attached hydrogens (tertiary/aromatic N) is 6. The maximum absolute atomic E-state index is 12.9. The Bertz CT molecular complexity index is 1260. The Balaban J connectivity index is 1.17. The molecule has 1 aliphatic heterocycles. The zero-order valence-electron chi connectivity index (χ0n) is 19.2. The SMILES string of the molecule is COc1ccccc1-n1c(C)nnc1SCC(=O)N1CCN(Cc2nc3ccccc3s2)CC1. The summed E-state index contributed by atoms with van der Waals surface area (Å²) >= 11 is 3.16. The molecule has 2 aromatic heterocycles. The summed E-state index contributed by atoms with van der Waals surface area (Å²) in [5, 5.41) is 10.3. The Morgan fingerprint density at radius 1 is 1.06 bits per heavy atom. The maximum Gasteiger partial charge on any atom is 0.233 e. The first kappa shape index (κ1) is 22.8. The number of carbonyl (C=O) groups is 1. The lowest BCUT2D eigenvalue weighted by Crippen LogP contribution is -2.48. The standard InChI is InChI=1S/C24H26N6O2S2/c1-17-26-27-24(30(17)19-8-4-5-9-20(19)32-2)33-16-23(31)29-13-11-28(12-14-29)15-22-25-18-7-3-6-10-21(18)34-22/h3-10H,11-16H2,1-2H3. The molecule has 0 spiro atoms. The van der Waals surface area contributed by atoms with Crippen molar-refractivity contribution in [2.75, 3.05) is 39.0 Å². The molecule has 0 N–H and O–H groups in total. The van der Waals surface area contributed by atoms with E-state index in [1.807, 2.05) is 52.8 Å². The highest BCUT2D eigenvalue weighted by Crippen LogP contribution is 2.28. The molecule has 1 saturated heterocycles. The van der Waals surface area contributed by atoms with Crippen LogP contribution >= 0.6 is 23.1 Å². The lowest BCUT2D eigenvalue weighted by Gasteiger charge is -2.34. The number of benzene rings is 2. The van der Waals surface area contributed by atoms with E-state index in [4.69, 9.17) is 9.72 Å². The van der Waals surface area contributed by atoms with Crippen LogP contribution in [0.15, 0.2) is 53.7 Å². The summed E-state index contributed by atoms with van der Waals surface area (Å²) < 4.78 is 8.66. The van der Waals surface area contributed by atoms with E-state index in [1.54, 1.807) is 18.4 Å². The molecule has 1 aliphatic rings. The molecule has 1 amide bonds. The third-order valence-corrected chi connectivity index (χ3v) is 7.80. The summed E-state index contributed by atoms with van der Waals surface area (Å²) in [6, 6.07) is 16.0. The number of para-hydroxylation sites is 3. The van der Waals surface area contributed by atoms with Crippen LogP contribution in [0, 0.1) is 6.92 Å². The number of ether oxygens (including phenoxy) is 1. The van der Waals surface area contributed by atoms with Crippen LogP contribution in [0.4, 0.5) is 0 Å². The summed E-state index contributed by atoms with van der Waals surface area (Å²) in [5.74, 6) is 1.94. The summed E-state index contributed by atoms with van der Waals surface area (Å²) in [6.45, 7) is 5.88. The Hall–Kier alpha value is -2.95. The molecule has 2 aromatic carbocycles. The molecule has 0 saturated carbocycles. The zero-order chi connectivity index (χ0) is 23.5. The molecule has 1 fully saturated rings. The lowest BCUT2D eigenvalue weighted by atomic mass is 10.3. The van der Waals surface area contributed by atoms with Crippen LogP contribution in [0.1, 0.15) is 10.8 Å². The van der Waals surface area contributed by atoms with E-state index in [1.165, 1.54) is 16.5 Å². The van der Waals surface area contributed by atoms with E-state index in [9.17, 15) is 4.79 Å². The predicted molar refractivity (Wildman–Crippen MR) is 135 cm³/mol. The highest BCUT2D eigenvalue weighted by molar-refractivity contribution is 7.99. The van der Waals surface area contributed by atoms with Crippen LogP contribution in [0.5, 0.6) is 5.75 Å². The smallest absolute Gasteiger partial charge is 0.233 e. The number of piperazine rings is 1. The molecule has 0 aliphatic carbocycles. The summed E-state index contributed by atoms with van der Waals surface area (Å²) in [6.07, 6.45) is 0. The van der Waals surface area contributed by atoms with Gasteiger partial charge in [0.2, 0.25) is 5.91 Å². The number of thioether (sulfide) groups is 1. The second kappa shape index (κ2) is 10.1. The predicted octanol–water partition coefficient (Wildman–Crippen LogP) is 3.63. The number of thiazole rings is 1. The molecule has 3 heterocycles. The van der Waals surface area contributed by atoms with Gasteiger partial charge in [0.05, 0.1) is 35.3 Å². The third-order valence-electron chi connectivity index (χ3n) is 5.87. The second-order valence-corrected chi connectivity index (χ2v) is 10.1. The maximum atomic E-state index is 12.9. The van der Waals surface area contributed by atoms with Gasteiger partial charge in [0.25, 0.3) is 0 Å². The number of hydrogen-bond donors (Lipinski definition) is 0. The third kappa shape index (κ3) is 4.79. The summed E-state index contributed by atoms with van der Waals surface area (Å²) in [4.78, 5) is 22.0. The monoisotopic (exact) mass is 494 g/mol. The Labute approximate surface area is 206 Å². The van der Waals surface area contributed by atoms with Gasteiger partial charge in [-0.15, -0.1) is 21.5 Å². The molecule has 5 rings (SSSR count). The molecule has 0 bridgehead atoms. The van der Waals surface area contributed by atoms with Crippen molar-refractivity contribution in [3.8, 4) is 11.4 Å². The largest absolute Gasteiger partial charge is 0.495 e. The average Bonchev–Trinajstić information content (AvgIpc) is 3.45. The Morgan fingerprint density at radius 3 is 2.62 bits per heavy atom. The van der Waals surface area contributed by atoms with E-state index >= 15 is 0 Å². The number of hydrogen-bond acceptors (Lipinski definition) is 8. The van der Waals surface area contributed by atoms with Gasteiger partial charge >= 0.3 is 0 Å². The number of aryl methyl sites for hydroxylation is 1. The van der Waals surface area contributed by atoms with E-state index in [-0.39, 0.29) is 5.91 Å². The zero-order valence-corrected chi connectivity index (χ0v) is 20.8. The molecule has 176 valence electrons. The first-order chi connectivity index (χ1) is 16.6.